The maximum atomic E-state index is 13.4. The second-order valence-electron chi connectivity index (χ2n) is 9.31. The van der Waals surface area contributed by atoms with E-state index in [4.69, 9.17) is 4.74 Å². The molecule has 5 aromatic carbocycles. The number of hydrogen-bond acceptors (Lipinski definition) is 3. The molecule has 2 amide bonds. The number of halogens is 1. The molecule has 0 aliphatic heterocycles. The molecule has 40 heavy (non-hydrogen) atoms. The van der Waals surface area contributed by atoms with Crippen molar-refractivity contribution < 1.29 is 14.3 Å². The third-order valence-electron chi connectivity index (χ3n) is 6.69. The Kier molecular flexibility index (Phi) is 8.57. The quantitative estimate of drug-likeness (QED) is 0.188. The Morgan fingerprint density at radius 1 is 0.800 bits per heavy atom. The summed E-state index contributed by atoms with van der Waals surface area (Å²) in [7, 11) is 0. The zero-order valence-electron chi connectivity index (χ0n) is 22.1. The Hall–Kier alpha value is -4.42. The van der Waals surface area contributed by atoms with Gasteiger partial charge in [-0.15, -0.1) is 0 Å². The monoisotopic (exact) mass is 592 g/mol. The van der Waals surface area contributed by atoms with Gasteiger partial charge in [0.05, 0.1) is 16.8 Å². The van der Waals surface area contributed by atoms with Gasteiger partial charge in [-0.1, -0.05) is 66.7 Å². The SMILES string of the molecule is CCN(C(=O)c1ccc(NC(=O)c2ccc(OCCc3ccccc3)c(Br)c2)cc1)c1cccc2ccccc12. The first-order valence-corrected chi connectivity index (χ1v) is 14.0. The van der Waals surface area contributed by atoms with Crippen molar-refractivity contribution in [1.29, 1.82) is 0 Å². The van der Waals surface area contributed by atoms with E-state index < -0.39 is 0 Å². The molecule has 5 nitrogen and oxygen atoms in total. The Balaban J connectivity index is 1.22. The van der Waals surface area contributed by atoms with E-state index in [0.29, 0.717) is 40.2 Å². The molecule has 0 bridgehead atoms. The third-order valence-corrected chi connectivity index (χ3v) is 7.31. The lowest BCUT2D eigenvalue weighted by Gasteiger charge is -2.23. The molecule has 6 heteroatoms. The van der Waals surface area contributed by atoms with E-state index in [9.17, 15) is 9.59 Å². The number of ether oxygens (including phenoxy) is 1. The van der Waals surface area contributed by atoms with Crippen molar-refractivity contribution in [2.45, 2.75) is 13.3 Å². The maximum absolute atomic E-state index is 13.4. The molecule has 0 unspecified atom stereocenters. The van der Waals surface area contributed by atoms with Gasteiger partial charge >= 0.3 is 0 Å². The number of benzene rings is 5. The summed E-state index contributed by atoms with van der Waals surface area (Å²) in [5, 5.41) is 5.03. The number of rotatable bonds is 9. The number of carbonyl (C=O) groups excluding carboxylic acids is 2. The van der Waals surface area contributed by atoms with Gasteiger partial charge in [-0.05, 0) is 82.3 Å². The van der Waals surface area contributed by atoms with Gasteiger partial charge in [-0.3, -0.25) is 9.59 Å². The van der Waals surface area contributed by atoms with Gasteiger partial charge in [0.15, 0.2) is 0 Å². The highest BCUT2D eigenvalue weighted by Crippen LogP contribution is 2.29. The minimum Gasteiger partial charge on any atom is -0.492 e. The van der Waals surface area contributed by atoms with Crippen molar-refractivity contribution in [2.75, 3.05) is 23.4 Å². The average molecular weight is 594 g/mol. The first kappa shape index (κ1) is 27.2. The lowest BCUT2D eigenvalue weighted by Crippen LogP contribution is -2.30. The van der Waals surface area contributed by atoms with E-state index in [1.807, 2.05) is 67.6 Å². The lowest BCUT2D eigenvalue weighted by atomic mass is 10.1. The van der Waals surface area contributed by atoms with Crippen LogP contribution in [-0.4, -0.2) is 25.0 Å². The second kappa shape index (κ2) is 12.6. The van der Waals surface area contributed by atoms with Crippen LogP contribution in [-0.2, 0) is 6.42 Å². The number of amides is 2. The van der Waals surface area contributed by atoms with Crippen LogP contribution >= 0.6 is 15.9 Å². The topological polar surface area (TPSA) is 58.6 Å². The van der Waals surface area contributed by atoms with Crippen LogP contribution in [0.15, 0.2) is 120 Å². The molecular weight excluding hydrogens is 564 g/mol. The van der Waals surface area contributed by atoms with Crippen LogP contribution in [0.4, 0.5) is 11.4 Å². The maximum Gasteiger partial charge on any atom is 0.258 e. The highest BCUT2D eigenvalue weighted by molar-refractivity contribution is 9.10. The van der Waals surface area contributed by atoms with Crippen molar-refractivity contribution in [1.82, 2.24) is 0 Å². The number of nitrogens with zero attached hydrogens (tertiary/aromatic N) is 1. The van der Waals surface area contributed by atoms with E-state index in [2.05, 4.69) is 33.4 Å². The van der Waals surface area contributed by atoms with E-state index >= 15 is 0 Å². The Morgan fingerprint density at radius 3 is 2.25 bits per heavy atom. The van der Waals surface area contributed by atoms with Gasteiger partial charge < -0.3 is 15.0 Å². The summed E-state index contributed by atoms with van der Waals surface area (Å²) >= 11 is 3.52. The zero-order valence-corrected chi connectivity index (χ0v) is 23.7. The fourth-order valence-corrected chi connectivity index (χ4v) is 5.10. The number of carbonyl (C=O) groups is 2. The molecule has 0 saturated carbocycles. The molecule has 0 aromatic heterocycles. The summed E-state index contributed by atoms with van der Waals surface area (Å²) < 4.78 is 6.61. The molecule has 0 aliphatic rings. The minimum absolute atomic E-state index is 0.0940. The Morgan fingerprint density at radius 2 is 1.50 bits per heavy atom. The predicted molar refractivity (Wildman–Crippen MR) is 165 cm³/mol. The van der Waals surface area contributed by atoms with Gasteiger partial charge in [0, 0.05) is 35.2 Å². The minimum atomic E-state index is -0.249. The highest BCUT2D eigenvalue weighted by atomic mass is 79.9. The number of anilines is 2. The predicted octanol–water partition coefficient (Wildman–Crippen LogP) is 8.14. The second-order valence-corrected chi connectivity index (χ2v) is 10.2. The molecule has 0 fully saturated rings. The lowest BCUT2D eigenvalue weighted by molar-refractivity contribution is 0.0987. The zero-order chi connectivity index (χ0) is 27.9. The number of nitrogens with one attached hydrogen (secondary N) is 1. The molecule has 0 radical (unpaired) electrons. The third kappa shape index (κ3) is 6.24. The van der Waals surface area contributed by atoms with Crippen molar-refractivity contribution >= 4 is 49.9 Å². The van der Waals surface area contributed by atoms with Crippen molar-refractivity contribution in [2.24, 2.45) is 0 Å². The number of hydrogen-bond donors (Lipinski definition) is 1. The molecule has 0 saturated heterocycles. The Bertz CT molecular complexity index is 1630. The molecule has 0 atom stereocenters. The fraction of sp³-hybridized carbons (Fsp3) is 0.118. The van der Waals surface area contributed by atoms with Crippen LogP contribution in [0.3, 0.4) is 0 Å². The summed E-state index contributed by atoms with van der Waals surface area (Å²) in [4.78, 5) is 28.1. The summed E-state index contributed by atoms with van der Waals surface area (Å²) in [6, 6.07) is 36.4. The van der Waals surface area contributed by atoms with E-state index in [-0.39, 0.29) is 11.8 Å². The molecule has 1 N–H and O–H groups in total. The summed E-state index contributed by atoms with van der Waals surface area (Å²) in [5.74, 6) is 0.340. The summed E-state index contributed by atoms with van der Waals surface area (Å²) in [6.07, 6.45) is 0.798. The van der Waals surface area contributed by atoms with Crippen molar-refractivity contribution in [3.63, 3.8) is 0 Å². The molecule has 0 aliphatic carbocycles. The molecular formula is C34H29BrN2O3. The van der Waals surface area contributed by atoms with Gasteiger partial charge in [-0.25, -0.2) is 0 Å². The van der Waals surface area contributed by atoms with Crippen molar-refractivity contribution in [3.05, 3.63) is 136 Å². The summed E-state index contributed by atoms with van der Waals surface area (Å²) in [5.41, 5.74) is 3.73. The average Bonchev–Trinajstić information content (AvgIpc) is 2.99. The van der Waals surface area contributed by atoms with Crippen molar-refractivity contribution in [3.8, 4) is 5.75 Å². The smallest absolute Gasteiger partial charge is 0.258 e. The fourth-order valence-electron chi connectivity index (χ4n) is 4.60. The van der Waals surface area contributed by atoms with Crippen LogP contribution < -0.4 is 15.0 Å². The van der Waals surface area contributed by atoms with Crippen LogP contribution in [0.25, 0.3) is 10.8 Å². The first-order valence-electron chi connectivity index (χ1n) is 13.2. The Labute approximate surface area is 242 Å². The molecule has 5 rings (SSSR count). The molecule has 0 heterocycles. The van der Waals surface area contributed by atoms with Crippen LogP contribution in [0, 0.1) is 0 Å². The molecule has 0 spiro atoms. The van der Waals surface area contributed by atoms with Crippen LogP contribution in [0.5, 0.6) is 5.75 Å². The number of fused-ring (bicyclic) bond motifs is 1. The van der Waals surface area contributed by atoms with Gasteiger partial charge in [-0.2, -0.15) is 0 Å². The standard InChI is InChI=1S/C34H29BrN2O3/c1-2-37(31-14-8-12-25-11-6-7-13-29(25)31)34(39)26-15-18-28(19-16-26)36-33(38)27-17-20-32(30(35)23-27)40-22-21-24-9-4-3-5-10-24/h3-20,23H,2,21-22H2,1H3,(H,36,38). The van der Waals surface area contributed by atoms with Gasteiger partial charge in [0.2, 0.25) is 0 Å². The summed E-state index contributed by atoms with van der Waals surface area (Å²) in [6.45, 7) is 3.04. The van der Waals surface area contributed by atoms with Crippen LogP contribution in [0.1, 0.15) is 33.2 Å². The molecule has 200 valence electrons. The van der Waals surface area contributed by atoms with E-state index in [1.165, 1.54) is 5.56 Å². The van der Waals surface area contributed by atoms with Crippen LogP contribution in [0.2, 0.25) is 0 Å². The van der Waals surface area contributed by atoms with Gasteiger partial charge in [0.25, 0.3) is 11.8 Å². The highest BCUT2D eigenvalue weighted by Gasteiger charge is 2.18. The van der Waals surface area contributed by atoms with E-state index in [0.717, 1.165) is 22.9 Å². The normalized spacial score (nSPS) is 10.8. The largest absolute Gasteiger partial charge is 0.492 e. The first-order chi connectivity index (χ1) is 19.5. The molecule has 5 aromatic rings. The van der Waals surface area contributed by atoms with E-state index in [1.54, 1.807) is 47.4 Å². The van der Waals surface area contributed by atoms with Gasteiger partial charge in [0.1, 0.15) is 5.75 Å².